The second kappa shape index (κ2) is 7.01. The summed E-state index contributed by atoms with van der Waals surface area (Å²) in [5.74, 6) is 1.42. The first kappa shape index (κ1) is 15.9. The van der Waals surface area contributed by atoms with E-state index in [1.165, 1.54) is 17.1 Å². The molecule has 1 aromatic rings. The first-order valence-corrected chi connectivity index (χ1v) is 8.77. The third-order valence-corrected chi connectivity index (χ3v) is 5.44. The molecular formula is C16H29N3S. The zero-order chi connectivity index (χ0) is 14.7. The summed E-state index contributed by atoms with van der Waals surface area (Å²) in [6.07, 6.45) is 1.24. The summed E-state index contributed by atoms with van der Waals surface area (Å²) in [5.41, 5.74) is 1.24. The first-order chi connectivity index (χ1) is 9.51. The maximum absolute atomic E-state index is 4.65. The van der Waals surface area contributed by atoms with Crippen LogP contribution in [0, 0.1) is 18.8 Å². The molecule has 0 spiro atoms. The normalized spacial score (nSPS) is 26.1. The molecule has 1 saturated heterocycles. The number of nitrogens with one attached hydrogen (secondary N) is 1. The molecule has 0 aromatic carbocycles. The first-order valence-electron chi connectivity index (χ1n) is 7.89. The predicted octanol–water partition coefficient (Wildman–Crippen LogP) is 3.30. The van der Waals surface area contributed by atoms with Gasteiger partial charge in [-0.15, -0.1) is 11.3 Å². The van der Waals surface area contributed by atoms with Crippen molar-refractivity contribution in [2.45, 2.75) is 59.7 Å². The number of aromatic nitrogens is 1. The highest BCUT2D eigenvalue weighted by Crippen LogP contribution is 2.22. The number of piperazine rings is 1. The van der Waals surface area contributed by atoms with Crippen LogP contribution in [0.4, 0.5) is 0 Å². The van der Waals surface area contributed by atoms with Crippen molar-refractivity contribution in [3.05, 3.63) is 16.1 Å². The van der Waals surface area contributed by atoms with Crippen LogP contribution in [0.1, 0.15) is 44.8 Å². The molecule has 0 bridgehead atoms. The Bertz CT molecular complexity index is 416. The average molecular weight is 295 g/mol. The van der Waals surface area contributed by atoms with Crippen molar-refractivity contribution in [3.63, 3.8) is 0 Å². The number of hydrogen-bond acceptors (Lipinski definition) is 4. The molecule has 3 unspecified atom stereocenters. The van der Waals surface area contributed by atoms with Crippen molar-refractivity contribution in [2.24, 2.45) is 11.8 Å². The van der Waals surface area contributed by atoms with E-state index in [9.17, 15) is 0 Å². The van der Waals surface area contributed by atoms with Gasteiger partial charge in [-0.05, 0) is 18.8 Å². The van der Waals surface area contributed by atoms with E-state index in [1.807, 2.05) is 0 Å². The van der Waals surface area contributed by atoms with Gasteiger partial charge in [-0.3, -0.25) is 4.90 Å². The Labute approximate surface area is 127 Å². The van der Waals surface area contributed by atoms with E-state index in [0.717, 1.165) is 25.6 Å². The molecule has 3 nitrogen and oxygen atoms in total. The summed E-state index contributed by atoms with van der Waals surface area (Å²) in [5, 5.41) is 7.15. The molecule has 1 aliphatic rings. The average Bonchev–Trinajstić information content (AvgIpc) is 2.82. The van der Waals surface area contributed by atoms with Gasteiger partial charge in [-0.1, -0.05) is 34.1 Å². The van der Waals surface area contributed by atoms with Crippen molar-refractivity contribution in [3.8, 4) is 0 Å². The lowest BCUT2D eigenvalue weighted by Gasteiger charge is -2.44. The molecular weight excluding hydrogens is 266 g/mol. The Hall–Kier alpha value is -0.450. The third kappa shape index (κ3) is 3.80. The van der Waals surface area contributed by atoms with Gasteiger partial charge in [0.2, 0.25) is 0 Å². The summed E-state index contributed by atoms with van der Waals surface area (Å²) < 4.78 is 0. The summed E-state index contributed by atoms with van der Waals surface area (Å²) in [7, 11) is 0. The van der Waals surface area contributed by atoms with Crippen molar-refractivity contribution in [1.29, 1.82) is 0 Å². The number of aryl methyl sites for hydroxylation is 1. The number of hydrogen-bond donors (Lipinski definition) is 1. The van der Waals surface area contributed by atoms with Gasteiger partial charge in [0.1, 0.15) is 0 Å². The minimum Gasteiger partial charge on any atom is -0.311 e. The largest absolute Gasteiger partial charge is 0.311 e. The Morgan fingerprint density at radius 2 is 2.20 bits per heavy atom. The smallest absolute Gasteiger partial charge is 0.0897 e. The topological polar surface area (TPSA) is 28.2 Å². The molecule has 0 amide bonds. The summed E-state index contributed by atoms with van der Waals surface area (Å²) >= 11 is 1.76. The van der Waals surface area contributed by atoms with Crippen molar-refractivity contribution < 1.29 is 0 Å². The van der Waals surface area contributed by atoms with Gasteiger partial charge in [0.15, 0.2) is 0 Å². The Morgan fingerprint density at radius 3 is 2.75 bits per heavy atom. The summed E-state index contributed by atoms with van der Waals surface area (Å²) in [4.78, 5) is 7.29. The second-order valence-corrected chi connectivity index (χ2v) is 7.56. The van der Waals surface area contributed by atoms with E-state index in [4.69, 9.17) is 0 Å². The summed E-state index contributed by atoms with van der Waals surface area (Å²) in [6, 6.07) is 1.24. The van der Waals surface area contributed by atoms with E-state index in [1.54, 1.807) is 11.3 Å². The van der Waals surface area contributed by atoms with E-state index in [0.29, 0.717) is 18.0 Å². The minimum absolute atomic E-state index is 0.620. The van der Waals surface area contributed by atoms with Crippen LogP contribution in [-0.4, -0.2) is 35.1 Å². The van der Waals surface area contributed by atoms with Crippen molar-refractivity contribution >= 4 is 11.3 Å². The van der Waals surface area contributed by atoms with Gasteiger partial charge in [0.05, 0.1) is 10.7 Å². The second-order valence-electron chi connectivity index (χ2n) is 6.50. The standard InChI is InChI=1S/C16H29N3S/c1-6-12(4)15-9-19(16(7-17-15)11(2)3)8-14-10-20-13(5)18-14/h10-12,15-17H,6-9H2,1-5H3. The fraction of sp³-hybridized carbons (Fsp3) is 0.812. The van der Waals surface area contributed by atoms with Gasteiger partial charge in [0, 0.05) is 37.1 Å². The Balaban J connectivity index is 2.06. The summed E-state index contributed by atoms with van der Waals surface area (Å²) in [6.45, 7) is 14.7. The molecule has 20 heavy (non-hydrogen) atoms. The third-order valence-electron chi connectivity index (χ3n) is 4.62. The zero-order valence-corrected chi connectivity index (χ0v) is 14.3. The van der Waals surface area contributed by atoms with Crippen LogP contribution in [-0.2, 0) is 6.54 Å². The van der Waals surface area contributed by atoms with Gasteiger partial charge in [-0.25, -0.2) is 4.98 Å². The van der Waals surface area contributed by atoms with E-state index in [2.05, 4.69) is 55.2 Å². The molecule has 0 aliphatic carbocycles. The molecule has 1 aliphatic heterocycles. The maximum atomic E-state index is 4.65. The SMILES string of the molecule is CCC(C)C1CN(Cc2csc(C)n2)C(C(C)C)CN1. The fourth-order valence-corrected chi connectivity index (χ4v) is 3.65. The molecule has 0 radical (unpaired) electrons. The molecule has 4 heteroatoms. The molecule has 114 valence electrons. The Morgan fingerprint density at radius 1 is 1.45 bits per heavy atom. The molecule has 3 atom stereocenters. The quantitative estimate of drug-likeness (QED) is 0.903. The lowest BCUT2D eigenvalue weighted by molar-refractivity contribution is 0.0743. The van der Waals surface area contributed by atoms with Gasteiger partial charge >= 0.3 is 0 Å². The van der Waals surface area contributed by atoms with E-state index < -0.39 is 0 Å². The van der Waals surface area contributed by atoms with Crippen molar-refractivity contribution in [1.82, 2.24) is 15.2 Å². The van der Waals surface area contributed by atoms with Crippen LogP contribution in [0.15, 0.2) is 5.38 Å². The number of nitrogens with zero attached hydrogens (tertiary/aromatic N) is 2. The fourth-order valence-electron chi connectivity index (χ4n) is 3.05. The monoisotopic (exact) mass is 295 g/mol. The lowest BCUT2D eigenvalue weighted by Crippen LogP contribution is -2.59. The van der Waals surface area contributed by atoms with Gasteiger partial charge < -0.3 is 5.32 Å². The van der Waals surface area contributed by atoms with Gasteiger partial charge in [-0.2, -0.15) is 0 Å². The van der Waals surface area contributed by atoms with Crippen LogP contribution in [0.25, 0.3) is 0 Å². The molecule has 2 heterocycles. The molecule has 1 aromatic heterocycles. The van der Waals surface area contributed by atoms with E-state index >= 15 is 0 Å². The van der Waals surface area contributed by atoms with Gasteiger partial charge in [0.25, 0.3) is 0 Å². The van der Waals surface area contributed by atoms with Crippen LogP contribution >= 0.6 is 11.3 Å². The van der Waals surface area contributed by atoms with Crippen LogP contribution in [0.5, 0.6) is 0 Å². The highest BCUT2D eigenvalue weighted by atomic mass is 32.1. The molecule has 1 N–H and O–H groups in total. The number of rotatable bonds is 5. The van der Waals surface area contributed by atoms with Crippen molar-refractivity contribution in [2.75, 3.05) is 13.1 Å². The van der Waals surface area contributed by atoms with Crippen LogP contribution < -0.4 is 5.32 Å². The molecule has 2 rings (SSSR count). The van der Waals surface area contributed by atoms with E-state index in [-0.39, 0.29) is 0 Å². The lowest BCUT2D eigenvalue weighted by atomic mass is 9.92. The highest BCUT2D eigenvalue weighted by molar-refractivity contribution is 7.09. The zero-order valence-electron chi connectivity index (χ0n) is 13.5. The van der Waals surface area contributed by atoms with Crippen LogP contribution in [0.3, 0.4) is 0 Å². The van der Waals surface area contributed by atoms with Crippen LogP contribution in [0.2, 0.25) is 0 Å². The maximum Gasteiger partial charge on any atom is 0.0897 e. The highest BCUT2D eigenvalue weighted by Gasteiger charge is 2.31. The number of thiazole rings is 1. The predicted molar refractivity (Wildman–Crippen MR) is 87.1 cm³/mol. The molecule has 0 saturated carbocycles. The molecule has 1 fully saturated rings. The Kier molecular flexibility index (Phi) is 5.58. The minimum atomic E-state index is 0.620.